The molecule has 0 spiro atoms. The van der Waals surface area contributed by atoms with Crippen molar-refractivity contribution < 1.29 is 4.74 Å². The average Bonchev–Trinajstić information content (AvgIpc) is 3.86. The van der Waals surface area contributed by atoms with Crippen molar-refractivity contribution in [3.63, 3.8) is 0 Å². The lowest BCUT2D eigenvalue weighted by atomic mass is 9.79. The van der Waals surface area contributed by atoms with Crippen LogP contribution in [0.3, 0.4) is 0 Å². The fraction of sp³-hybridized carbons (Fsp3) is 0.230. The van der Waals surface area contributed by atoms with Gasteiger partial charge >= 0.3 is 0 Å². The number of aromatic nitrogens is 2. The molecule has 1 aliphatic heterocycles. The van der Waals surface area contributed by atoms with E-state index in [1.807, 2.05) is 6.20 Å². The first-order valence-corrected chi connectivity index (χ1v) is 23.3. The Bertz CT molecular complexity index is 3310. The van der Waals surface area contributed by atoms with E-state index < -0.39 is 0 Å². The number of pyridine rings is 1. The number of para-hydroxylation sites is 3. The Morgan fingerprint density at radius 2 is 1.14 bits per heavy atom. The molecule has 0 N–H and O–H groups in total. The van der Waals surface area contributed by atoms with E-state index in [-0.39, 0.29) is 10.8 Å². The molecule has 0 atom stereocenters. The lowest BCUT2D eigenvalue weighted by Gasteiger charge is -2.28. The highest BCUT2D eigenvalue weighted by Gasteiger charge is 2.32. The van der Waals surface area contributed by atoms with Gasteiger partial charge in [0, 0.05) is 40.5 Å². The van der Waals surface area contributed by atoms with E-state index >= 15 is 0 Å². The van der Waals surface area contributed by atoms with Gasteiger partial charge in [-0.3, -0.25) is 4.57 Å². The summed E-state index contributed by atoms with van der Waals surface area (Å²) < 4.78 is 9.36. The topological polar surface area (TPSA) is 33.5 Å². The molecule has 0 saturated carbocycles. The highest BCUT2D eigenvalue weighted by atomic mass is 16.5. The zero-order chi connectivity index (χ0) is 46.2. The molecule has 0 bridgehead atoms. The van der Waals surface area contributed by atoms with Crippen LogP contribution in [0.15, 0.2) is 152 Å². The molecule has 5 heteroatoms. The van der Waals surface area contributed by atoms with E-state index in [2.05, 4.69) is 236 Å². The smallest absolute Gasteiger partial charge is 0.138 e. The summed E-state index contributed by atoms with van der Waals surface area (Å²) >= 11 is 0. The van der Waals surface area contributed by atoms with Gasteiger partial charge in [0.2, 0.25) is 0 Å². The zero-order valence-electron chi connectivity index (χ0n) is 40.3. The second kappa shape index (κ2) is 16.1. The van der Waals surface area contributed by atoms with Gasteiger partial charge in [0.25, 0.3) is 0 Å². The van der Waals surface area contributed by atoms with E-state index in [1.54, 1.807) is 0 Å². The Hall–Kier alpha value is -7.11. The molecule has 10 rings (SSSR count). The Labute approximate surface area is 391 Å². The van der Waals surface area contributed by atoms with E-state index in [4.69, 9.17) is 9.72 Å². The second-order valence-electron chi connectivity index (χ2n) is 20.3. The number of fused-ring (bicyclic) bond motifs is 4. The van der Waals surface area contributed by atoms with Crippen molar-refractivity contribution in [3.05, 3.63) is 191 Å². The van der Waals surface area contributed by atoms with Crippen molar-refractivity contribution in [3.8, 4) is 39.6 Å². The first-order valence-electron chi connectivity index (χ1n) is 23.3. The summed E-state index contributed by atoms with van der Waals surface area (Å²) in [5.41, 5.74) is 20.7. The Morgan fingerprint density at radius 3 is 1.85 bits per heavy atom. The maximum Gasteiger partial charge on any atom is 0.138 e. The molecule has 0 fully saturated rings. The highest BCUT2D eigenvalue weighted by molar-refractivity contribution is 6.11. The molecule has 3 heterocycles. The van der Waals surface area contributed by atoms with Crippen molar-refractivity contribution in [1.82, 2.24) is 9.55 Å². The van der Waals surface area contributed by atoms with Crippen LogP contribution in [0.1, 0.15) is 80.5 Å². The molecular weight excluding hydrogens is 805 g/mol. The Kier molecular flexibility index (Phi) is 10.4. The minimum absolute atomic E-state index is 0.0868. The van der Waals surface area contributed by atoms with Crippen LogP contribution in [-0.4, -0.2) is 16.2 Å². The molecule has 0 radical (unpaired) electrons. The minimum atomic E-state index is -0.189. The van der Waals surface area contributed by atoms with Crippen LogP contribution in [-0.2, 0) is 10.8 Å². The van der Waals surface area contributed by atoms with Crippen LogP contribution in [0, 0.1) is 34.6 Å². The minimum Gasteiger partial charge on any atom is -0.457 e. The third-order valence-electron chi connectivity index (χ3n) is 14.1. The lowest BCUT2D eigenvalue weighted by Crippen LogP contribution is -2.25. The third kappa shape index (κ3) is 7.22. The second-order valence-corrected chi connectivity index (χ2v) is 20.3. The van der Waals surface area contributed by atoms with Gasteiger partial charge in [-0.1, -0.05) is 126 Å². The SMILES string of the molecule is Cc1c(C)c(C)c(N2CN(c3cccc(Oc4cc(C(C)(C)C)c5c6ccccc6n(-c6cc(-c7c(-c8ccccc8)cccc7C(C)(C)C)ccn6)c5c4)c3)c3ccccc32)c(C)c1C. The van der Waals surface area contributed by atoms with Crippen LogP contribution < -0.4 is 14.5 Å². The normalized spacial score (nSPS) is 13.0. The Balaban J connectivity index is 1.09. The number of hydrogen-bond donors (Lipinski definition) is 0. The quantitative estimate of drug-likeness (QED) is 0.160. The van der Waals surface area contributed by atoms with E-state index in [1.165, 1.54) is 83.5 Å². The maximum atomic E-state index is 7.03. The molecule has 0 unspecified atom stereocenters. The number of ether oxygens (including phenoxy) is 1. The molecule has 330 valence electrons. The van der Waals surface area contributed by atoms with Crippen LogP contribution in [0.4, 0.5) is 22.7 Å². The van der Waals surface area contributed by atoms with E-state index in [0.29, 0.717) is 6.67 Å². The van der Waals surface area contributed by atoms with Crippen molar-refractivity contribution in [2.75, 3.05) is 16.5 Å². The molecule has 66 heavy (non-hydrogen) atoms. The third-order valence-corrected chi connectivity index (χ3v) is 14.1. The molecule has 0 aliphatic carbocycles. The molecule has 2 aromatic heterocycles. The predicted molar refractivity (Wildman–Crippen MR) is 279 cm³/mol. The van der Waals surface area contributed by atoms with Crippen LogP contribution in [0.5, 0.6) is 11.5 Å². The lowest BCUT2D eigenvalue weighted by molar-refractivity contribution is 0.480. The van der Waals surface area contributed by atoms with Gasteiger partial charge < -0.3 is 14.5 Å². The summed E-state index contributed by atoms with van der Waals surface area (Å²) in [6.45, 7) is 25.8. The van der Waals surface area contributed by atoms with Crippen LogP contribution in [0.2, 0.25) is 0 Å². The zero-order valence-corrected chi connectivity index (χ0v) is 40.3. The maximum absolute atomic E-state index is 7.03. The first-order chi connectivity index (χ1) is 31.6. The molecular formula is C61H60N4O. The van der Waals surface area contributed by atoms with Crippen molar-refractivity contribution >= 4 is 44.6 Å². The number of benzene rings is 7. The summed E-state index contributed by atoms with van der Waals surface area (Å²) in [4.78, 5) is 10.0. The number of rotatable bonds is 7. The van der Waals surface area contributed by atoms with Crippen molar-refractivity contribution in [2.24, 2.45) is 0 Å². The highest BCUT2D eigenvalue weighted by Crippen LogP contribution is 2.49. The van der Waals surface area contributed by atoms with Crippen LogP contribution in [0.25, 0.3) is 49.9 Å². The van der Waals surface area contributed by atoms with Gasteiger partial charge in [-0.05, 0) is 155 Å². The summed E-state index contributed by atoms with van der Waals surface area (Å²) in [6, 6.07) is 52.4. The number of hydrogen-bond acceptors (Lipinski definition) is 4. The van der Waals surface area contributed by atoms with Crippen LogP contribution >= 0.6 is 0 Å². The fourth-order valence-electron chi connectivity index (χ4n) is 10.4. The molecule has 0 amide bonds. The molecule has 5 nitrogen and oxygen atoms in total. The molecule has 7 aromatic carbocycles. The van der Waals surface area contributed by atoms with Crippen molar-refractivity contribution in [2.45, 2.75) is 87.0 Å². The monoisotopic (exact) mass is 864 g/mol. The van der Waals surface area contributed by atoms with Crippen molar-refractivity contribution in [1.29, 1.82) is 0 Å². The van der Waals surface area contributed by atoms with Gasteiger partial charge in [0.05, 0.1) is 22.4 Å². The van der Waals surface area contributed by atoms with Gasteiger partial charge in [0.1, 0.15) is 24.0 Å². The average molecular weight is 865 g/mol. The van der Waals surface area contributed by atoms with Gasteiger partial charge in [0.15, 0.2) is 0 Å². The Morgan fingerprint density at radius 1 is 0.500 bits per heavy atom. The molecule has 0 saturated heterocycles. The van der Waals surface area contributed by atoms with Gasteiger partial charge in [-0.25, -0.2) is 4.98 Å². The number of nitrogens with zero attached hydrogens (tertiary/aromatic N) is 4. The molecule has 1 aliphatic rings. The number of anilines is 4. The first kappa shape index (κ1) is 42.8. The summed E-state index contributed by atoms with van der Waals surface area (Å²) in [7, 11) is 0. The predicted octanol–water partition coefficient (Wildman–Crippen LogP) is 16.7. The van der Waals surface area contributed by atoms with Gasteiger partial charge in [-0.15, -0.1) is 0 Å². The standard InChI is InChI=1S/C61H60N4O/c1-38-39(2)41(4)59(42(5)40(38)3)64-37-63(53-29-17-18-30-54(53)64)45-23-19-24-46(34-45)66-47-35-51(61(9,10)11)58-49-25-15-16-28-52(49)65(55(58)36-47)56-33-44(31-32-62-56)57-48(43-21-13-12-14-22-43)26-20-27-50(57)60(6,7)8/h12-36H,37H2,1-11H3. The summed E-state index contributed by atoms with van der Waals surface area (Å²) in [6.07, 6.45) is 1.97. The molecule has 9 aromatic rings. The fourth-order valence-corrected chi connectivity index (χ4v) is 10.4. The largest absolute Gasteiger partial charge is 0.457 e. The van der Waals surface area contributed by atoms with Gasteiger partial charge in [-0.2, -0.15) is 0 Å². The van der Waals surface area contributed by atoms with E-state index in [0.717, 1.165) is 39.6 Å². The summed E-state index contributed by atoms with van der Waals surface area (Å²) in [5.74, 6) is 2.43. The van der Waals surface area contributed by atoms with E-state index in [9.17, 15) is 0 Å². The summed E-state index contributed by atoms with van der Waals surface area (Å²) in [5, 5.41) is 2.41.